The lowest BCUT2D eigenvalue weighted by molar-refractivity contribution is -0.386. The number of benzene rings is 2. The summed E-state index contributed by atoms with van der Waals surface area (Å²) in [6, 6.07) is 5.00. The van der Waals surface area contributed by atoms with Crippen molar-refractivity contribution < 1.29 is 28.3 Å². The van der Waals surface area contributed by atoms with Crippen LogP contribution in [0.15, 0.2) is 36.9 Å². The number of amides is 1. The molecule has 0 aliphatic carbocycles. The second kappa shape index (κ2) is 8.43. The van der Waals surface area contributed by atoms with Crippen LogP contribution >= 0.6 is 0 Å². The van der Waals surface area contributed by atoms with Crippen LogP contribution in [0.2, 0.25) is 0 Å². The second-order valence-electron chi connectivity index (χ2n) is 5.76. The molecule has 3 aromatic rings. The highest BCUT2D eigenvalue weighted by molar-refractivity contribution is 6.08. The van der Waals surface area contributed by atoms with E-state index in [0.717, 1.165) is 12.1 Å². The molecule has 11 nitrogen and oxygen atoms in total. The van der Waals surface area contributed by atoms with E-state index < -0.39 is 22.3 Å². The maximum Gasteiger partial charge on any atom is 0.327 e. The fourth-order valence-corrected chi connectivity index (χ4v) is 2.80. The van der Waals surface area contributed by atoms with Gasteiger partial charge in [-0.25, -0.2) is 14.1 Å². The summed E-state index contributed by atoms with van der Waals surface area (Å²) in [6.45, 7) is 0. The quantitative estimate of drug-likeness (QED) is 0.458. The molecule has 2 aromatic carbocycles. The van der Waals surface area contributed by atoms with Gasteiger partial charge in [-0.1, -0.05) is 0 Å². The van der Waals surface area contributed by atoms with Gasteiger partial charge in [-0.3, -0.25) is 14.9 Å². The Labute approximate surface area is 169 Å². The van der Waals surface area contributed by atoms with Gasteiger partial charge >= 0.3 is 5.69 Å². The van der Waals surface area contributed by atoms with Crippen molar-refractivity contribution in [3.05, 3.63) is 58.4 Å². The SMILES string of the molecule is COc1cc(C(=O)Nc2ccc(-n3cncn3)c(F)c2)c([N+](=O)[O-])c(OC)c1OC. The van der Waals surface area contributed by atoms with E-state index in [2.05, 4.69) is 15.4 Å². The summed E-state index contributed by atoms with van der Waals surface area (Å²) in [4.78, 5) is 27.4. The zero-order valence-corrected chi connectivity index (χ0v) is 16.1. The topological polar surface area (TPSA) is 131 Å². The fraction of sp³-hybridized carbons (Fsp3) is 0.167. The molecule has 12 heteroatoms. The molecule has 0 aliphatic rings. The van der Waals surface area contributed by atoms with Crippen LogP contribution in [0.1, 0.15) is 10.4 Å². The molecular formula is C18H16FN5O6. The highest BCUT2D eigenvalue weighted by Crippen LogP contribution is 2.46. The van der Waals surface area contributed by atoms with E-state index in [1.165, 1.54) is 50.8 Å². The van der Waals surface area contributed by atoms with Crippen molar-refractivity contribution in [3.8, 4) is 22.9 Å². The number of nitrogens with one attached hydrogen (secondary N) is 1. The van der Waals surface area contributed by atoms with Crippen LogP contribution in [0.3, 0.4) is 0 Å². The van der Waals surface area contributed by atoms with Gasteiger partial charge in [-0.15, -0.1) is 0 Å². The van der Waals surface area contributed by atoms with Gasteiger partial charge in [0, 0.05) is 11.8 Å². The van der Waals surface area contributed by atoms with E-state index in [4.69, 9.17) is 14.2 Å². The maximum absolute atomic E-state index is 14.4. The Morgan fingerprint density at radius 1 is 1.17 bits per heavy atom. The zero-order valence-electron chi connectivity index (χ0n) is 16.1. The molecule has 0 radical (unpaired) electrons. The minimum absolute atomic E-state index is 0.0357. The molecular weight excluding hydrogens is 401 g/mol. The molecule has 0 unspecified atom stereocenters. The molecule has 1 amide bonds. The van der Waals surface area contributed by atoms with E-state index in [1.807, 2.05) is 0 Å². The Bertz CT molecular complexity index is 1100. The number of halogens is 1. The van der Waals surface area contributed by atoms with Gasteiger partial charge in [0.05, 0.1) is 26.3 Å². The monoisotopic (exact) mass is 417 g/mol. The van der Waals surface area contributed by atoms with Gasteiger partial charge in [-0.2, -0.15) is 5.10 Å². The molecule has 0 spiro atoms. The minimum atomic E-state index is -0.867. The number of hydrogen-bond acceptors (Lipinski definition) is 8. The number of methoxy groups -OCH3 is 3. The van der Waals surface area contributed by atoms with E-state index >= 15 is 0 Å². The molecule has 0 fully saturated rings. The summed E-state index contributed by atoms with van der Waals surface area (Å²) in [6.07, 6.45) is 2.56. The Balaban J connectivity index is 2.01. The second-order valence-corrected chi connectivity index (χ2v) is 5.76. The number of hydrogen-bond donors (Lipinski definition) is 1. The third kappa shape index (κ3) is 3.70. The van der Waals surface area contributed by atoms with Gasteiger partial charge < -0.3 is 19.5 Å². The minimum Gasteiger partial charge on any atom is -0.493 e. The van der Waals surface area contributed by atoms with Crippen molar-refractivity contribution in [2.75, 3.05) is 26.6 Å². The van der Waals surface area contributed by atoms with Crippen molar-refractivity contribution in [2.45, 2.75) is 0 Å². The zero-order chi connectivity index (χ0) is 21.8. The Hall–Kier alpha value is -4.22. The Kier molecular flexibility index (Phi) is 5.76. The predicted molar refractivity (Wildman–Crippen MR) is 102 cm³/mol. The van der Waals surface area contributed by atoms with Crippen LogP contribution < -0.4 is 19.5 Å². The third-order valence-corrected chi connectivity index (χ3v) is 4.10. The van der Waals surface area contributed by atoms with Crippen molar-refractivity contribution in [3.63, 3.8) is 0 Å². The van der Waals surface area contributed by atoms with Crippen molar-refractivity contribution in [1.29, 1.82) is 0 Å². The first-order valence-electron chi connectivity index (χ1n) is 8.34. The molecule has 156 valence electrons. The van der Waals surface area contributed by atoms with Crippen LogP contribution in [0.25, 0.3) is 5.69 Å². The lowest BCUT2D eigenvalue weighted by Crippen LogP contribution is -2.15. The largest absolute Gasteiger partial charge is 0.493 e. The average Bonchev–Trinajstić information content (AvgIpc) is 3.26. The molecule has 3 rings (SSSR count). The van der Waals surface area contributed by atoms with Gasteiger partial charge in [0.1, 0.15) is 23.9 Å². The number of nitro benzene ring substituents is 1. The summed E-state index contributed by atoms with van der Waals surface area (Å²) in [5.74, 6) is -1.81. The fourth-order valence-electron chi connectivity index (χ4n) is 2.80. The van der Waals surface area contributed by atoms with E-state index in [0.29, 0.717) is 0 Å². The summed E-state index contributed by atoms with van der Waals surface area (Å²) < 4.78 is 31.0. The third-order valence-electron chi connectivity index (χ3n) is 4.10. The van der Waals surface area contributed by atoms with Gasteiger partial charge in [-0.05, 0) is 18.2 Å². The highest BCUT2D eigenvalue weighted by atomic mass is 19.1. The highest BCUT2D eigenvalue weighted by Gasteiger charge is 2.32. The number of ether oxygens (including phenoxy) is 3. The van der Waals surface area contributed by atoms with Gasteiger partial charge in [0.25, 0.3) is 5.91 Å². The van der Waals surface area contributed by atoms with Crippen LogP contribution in [0.4, 0.5) is 15.8 Å². The molecule has 0 saturated heterocycles. The number of nitrogens with zero attached hydrogens (tertiary/aromatic N) is 4. The predicted octanol–water partition coefficient (Wildman–Crippen LogP) is 2.59. The summed E-state index contributed by atoms with van der Waals surface area (Å²) >= 11 is 0. The van der Waals surface area contributed by atoms with Crippen LogP contribution in [0.5, 0.6) is 17.2 Å². The van der Waals surface area contributed by atoms with Crippen LogP contribution in [-0.2, 0) is 0 Å². The molecule has 0 aliphatic heterocycles. The van der Waals surface area contributed by atoms with Crippen molar-refractivity contribution in [1.82, 2.24) is 14.8 Å². The first kappa shape index (κ1) is 20.5. The van der Waals surface area contributed by atoms with Crippen molar-refractivity contribution >= 4 is 17.3 Å². The van der Waals surface area contributed by atoms with E-state index in [1.54, 1.807) is 0 Å². The molecule has 1 heterocycles. The lowest BCUT2D eigenvalue weighted by atomic mass is 10.1. The maximum atomic E-state index is 14.4. The molecule has 0 bridgehead atoms. The number of nitro groups is 1. The molecule has 1 N–H and O–H groups in total. The lowest BCUT2D eigenvalue weighted by Gasteiger charge is -2.15. The molecule has 1 aromatic heterocycles. The average molecular weight is 417 g/mol. The van der Waals surface area contributed by atoms with Crippen molar-refractivity contribution in [2.24, 2.45) is 0 Å². The first-order valence-corrected chi connectivity index (χ1v) is 8.34. The van der Waals surface area contributed by atoms with E-state index in [9.17, 15) is 19.3 Å². The Morgan fingerprint density at radius 3 is 2.43 bits per heavy atom. The molecule has 30 heavy (non-hydrogen) atoms. The standard InChI is InChI=1S/C18H16FN5O6/c1-28-14-7-11(15(24(26)27)17(30-3)16(14)29-2)18(25)22-10-4-5-13(12(19)6-10)23-9-20-8-21-23/h4-9H,1-3H3,(H,22,25). The number of anilines is 1. The smallest absolute Gasteiger partial charge is 0.327 e. The number of aromatic nitrogens is 3. The van der Waals surface area contributed by atoms with Gasteiger partial charge in [0.15, 0.2) is 11.6 Å². The molecule has 0 atom stereocenters. The number of rotatable bonds is 7. The first-order chi connectivity index (χ1) is 14.4. The van der Waals surface area contributed by atoms with Crippen LogP contribution in [-0.4, -0.2) is 46.9 Å². The molecule has 0 saturated carbocycles. The summed E-state index contributed by atoms with van der Waals surface area (Å²) in [5.41, 5.74) is -0.781. The van der Waals surface area contributed by atoms with Crippen LogP contribution in [0, 0.1) is 15.9 Å². The normalized spacial score (nSPS) is 10.4. The number of carbonyl (C=O) groups excluding carboxylic acids is 1. The Morgan fingerprint density at radius 2 is 1.90 bits per heavy atom. The van der Waals surface area contributed by atoms with E-state index in [-0.39, 0.29) is 34.2 Å². The summed E-state index contributed by atoms with van der Waals surface area (Å²) in [5, 5.41) is 17.9. The van der Waals surface area contributed by atoms with Gasteiger partial charge in [0.2, 0.25) is 11.5 Å². The number of carbonyl (C=O) groups is 1. The summed E-state index contributed by atoms with van der Waals surface area (Å²) in [7, 11) is 3.79.